The lowest BCUT2D eigenvalue weighted by Crippen LogP contribution is -2.25. The molecule has 0 atom stereocenters. The van der Waals surface area contributed by atoms with E-state index in [-0.39, 0.29) is 11.6 Å². The first-order chi connectivity index (χ1) is 6.67. The van der Waals surface area contributed by atoms with Crippen molar-refractivity contribution >= 4 is 0 Å². The van der Waals surface area contributed by atoms with Gasteiger partial charge < -0.3 is 10.5 Å². The van der Waals surface area contributed by atoms with Gasteiger partial charge in [-0.1, -0.05) is 6.07 Å². The van der Waals surface area contributed by atoms with Crippen LogP contribution in [0.1, 0.15) is 5.56 Å². The van der Waals surface area contributed by atoms with Gasteiger partial charge in [0.05, 0.1) is 7.11 Å². The molecular formula is C10H15FN2O. The van der Waals surface area contributed by atoms with Crippen molar-refractivity contribution in [1.29, 1.82) is 0 Å². The van der Waals surface area contributed by atoms with E-state index >= 15 is 0 Å². The van der Waals surface area contributed by atoms with Crippen LogP contribution in [0.2, 0.25) is 0 Å². The van der Waals surface area contributed by atoms with Crippen LogP contribution in [0.15, 0.2) is 18.2 Å². The van der Waals surface area contributed by atoms with E-state index in [0.29, 0.717) is 13.2 Å². The topological polar surface area (TPSA) is 38.5 Å². The van der Waals surface area contributed by atoms with Crippen molar-refractivity contribution in [2.75, 3.05) is 20.8 Å². The number of benzene rings is 1. The van der Waals surface area contributed by atoms with Gasteiger partial charge in [0.15, 0.2) is 11.6 Å². The second-order valence-corrected chi connectivity index (χ2v) is 3.17. The van der Waals surface area contributed by atoms with Crippen LogP contribution < -0.4 is 10.5 Å². The van der Waals surface area contributed by atoms with Crippen molar-refractivity contribution in [2.45, 2.75) is 6.54 Å². The van der Waals surface area contributed by atoms with E-state index in [1.807, 2.05) is 18.0 Å². The van der Waals surface area contributed by atoms with Crippen molar-refractivity contribution in [2.24, 2.45) is 5.73 Å². The Bertz CT molecular complexity index is 304. The van der Waals surface area contributed by atoms with Crippen molar-refractivity contribution in [1.82, 2.24) is 4.90 Å². The molecule has 3 nitrogen and oxygen atoms in total. The van der Waals surface area contributed by atoms with Crippen LogP contribution in [0, 0.1) is 5.82 Å². The highest BCUT2D eigenvalue weighted by Gasteiger charge is 2.04. The van der Waals surface area contributed by atoms with Crippen LogP contribution in [0.4, 0.5) is 4.39 Å². The van der Waals surface area contributed by atoms with Crippen LogP contribution in [-0.2, 0) is 6.54 Å². The van der Waals surface area contributed by atoms with Gasteiger partial charge in [-0.25, -0.2) is 4.39 Å². The van der Waals surface area contributed by atoms with E-state index in [0.717, 1.165) is 5.56 Å². The van der Waals surface area contributed by atoms with Gasteiger partial charge in [0.2, 0.25) is 0 Å². The Morgan fingerprint density at radius 3 is 2.71 bits per heavy atom. The molecule has 2 N–H and O–H groups in total. The molecule has 0 spiro atoms. The molecule has 0 amide bonds. The van der Waals surface area contributed by atoms with Gasteiger partial charge in [-0.05, 0) is 24.7 Å². The number of nitrogens with two attached hydrogens (primary N) is 1. The lowest BCUT2D eigenvalue weighted by molar-refractivity contribution is 0.335. The van der Waals surface area contributed by atoms with Gasteiger partial charge in [-0.3, -0.25) is 4.90 Å². The summed E-state index contributed by atoms with van der Waals surface area (Å²) in [6.45, 7) is 1.09. The third-order valence-corrected chi connectivity index (χ3v) is 1.98. The minimum absolute atomic E-state index is 0.268. The Balaban J connectivity index is 2.76. The summed E-state index contributed by atoms with van der Waals surface area (Å²) in [5.41, 5.74) is 6.31. The minimum Gasteiger partial charge on any atom is -0.494 e. The van der Waals surface area contributed by atoms with E-state index in [1.54, 1.807) is 6.07 Å². The highest BCUT2D eigenvalue weighted by Crippen LogP contribution is 2.18. The average molecular weight is 198 g/mol. The molecule has 0 aromatic heterocycles. The first-order valence-corrected chi connectivity index (χ1v) is 4.38. The molecule has 1 aromatic rings. The maximum absolute atomic E-state index is 13.2. The summed E-state index contributed by atoms with van der Waals surface area (Å²) >= 11 is 0. The molecule has 0 bridgehead atoms. The van der Waals surface area contributed by atoms with Crippen LogP contribution in [0.3, 0.4) is 0 Å². The van der Waals surface area contributed by atoms with Gasteiger partial charge in [0.25, 0.3) is 0 Å². The zero-order valence-electron chi connectivity index (χ0n) is 8.46. The first kappa shape index (κ1) is 10.9. The van der Waals surface area contributed by atoms with Gasteiger partial charge in [-0.15, -0.1) is 0 Å². The van der Waals surface area contributed by atoms with Gasteiger partial charge in [-0.2, -0.15) is 0 Å². The smallest absolute Gasteiger partial charge is 0.165 e. The number of methoxy groups -OCH3 is 1. The quantitative estimate of drug-likeness (QED) is 0.738. The number of rotatable bonds is 4. The molecule has 4 heteroatoms. The number of halogens is 1. The largest absolute Gasteiger partial charge is 0.494 e. The predicted octanol–water partition coefficient (Wildman–Crippen LogP) is 1.18. The summed E-state index contributed by atoms with van der Waals surface area (Å²) < 4.78 is 18.0. The van der Waals surface area contributed by atoms with Gasteiger partial charge >= 0.3 is 0 Å². The van der Waals surface area contributed by atoms with E-state index in [4.69, 9.17) is 10.5 Å². The monoisotopic (exact) mass is 198 g/mol. The Hall–Kier alpha value is -1.13. The van der Waals surface area contributed by atoms with Crippen molar-refractivity contribution in [3.63, 3.8) is 0 Å². The maximum atomic E-state index is 13.2. The Labute approximate surface area is 83.3 Å². The second-order valence-electron chi connectivity index (χ2n) is 3.17. The molecule has 0 radical (unpaired) electrons. The lowest BCUT2D eigenvalue weighted by Gasteiger charge is -2.13. The van der Waals surface area contributed by atoms with Crippen molar-refractivity contribution < 1.29 is 9.13 Å². The Kier molecular flexibility index (Phi) is 3.85. The zero-order chi connectivity index (χ0) is 10.6. The fourth-order valence-corrected chi connectivity index (χ4v) is 1.18. The fourth-order valence-electron chi connectivity index (χ4n) is 1.18. The zero-order valence-corrected chi connectivity index (χ0v) is 8.46. The summed E-state index contributed by atoms with van der Waals surface area (Å²) in [5, 5.41) is 0. The Morgan fingerprint density at radius 2 is 2.21 bits per heavy atom. The highest BCUT2D eigenvalue weighted by molar-refractivity contribution is 5.29. The number of hydrogen-bond acceptors (Lipinski definition) is 3. The standard InChI is InChI=1S/C10H15FN2O/c1-13(7-12)6-8-3-4-10(14-2)9(11)5-8/h3-5H,6-7,12H2,1-2H3. The van der Waals surface area contributed by atoms with Crippen LogP contribution in [0.25, 0.3) is 0 Å². The summed E-state index contributed by atoms with van der Waals surface area (Å²) in [5.74, 6) is -0.0698. The van der Waals surface area contributed by atoms with Gasteiger partial charge in [0.1, 0.15) is 0 Å². The summed E-state index contributed by atoms with van der Waals surface area (Å²) in [6.07, 6.45) is 0. The summed E-state index contributed by atoms with van der Waals surface area (Å²) in [6, 6.07) is 4.91. The summed E-state index contributed by atoms with van der Waals surface area (Å²) in [7, 11) is 3.33. The third-order valence-electron chi connectivity index (χ3n) is 1.98. The number of ether oxygens (including phenoxy) is 1. The van der Waals surface area contributed by atoms with E-state index < -0.39 is 0 Å². The molecular weight excluding hydrogens is 183 g/mol. The molecule has 0 heterocycles. The average Bonchev–Trinajstić information content (AvgIpc) is 2.18. The first-order valence-electron chi connectivity index (χ1n) is 4.38. The normalized spacial score (nSPS) is 10.6. The van der Waals surface area contributed by atoms with E-state index in [1.165, 1.54) is 13.2 Å². The lowest BCUT2D eigenvalue weighted by atomic mass is 10.2. The number of hydrogen-bond donors (Lipinski definition) is 1. The molecule has 0 unspecified atom stereocenters. The van der Waals surface area contributed by atoms with Gasteiger partial charge in [0, 0.05) is 13.2 Å². The second kappa shape index (κ2) is 4.93. The fraction of sp³-hybridized carbons (Fsp3) is 0.400. The van der Waals surface area contributed by atoms with Crippen molar-refractivity contribution in [3.8, 4) is 5.75 Å². The Morgan fingerprint density at radius 1 is 1.50 bits per heavy atom. The van der Waals surface area contributed by atoms with Crippen LogP contribution in [0.5, 0.6) is 5.75 Å². The maximum Gasteiger partial charge on any atom is 0.165 e. The molecule has 0 aliphatic heterocycles. The molecule has 0 fully saturated rings. The molecule has 1 rings (SSSR count). The number of nitrogens with zero attached hydrogens (tertiary/aromatic N) is 1. The molecule has 0 aliphatic rings. The highest BCUT2D eigenvalue weighted by atomic mass is 19.1. The molecule has 0 aliphatic carbocycles. The van der Waals surface area contributed by atoms with Crippen molar-refractivity contribution in [3.05, 3.63) is 29.6 Å². The van der Waals surface area contributed by atoms with E-state index in [9.17, 15) is 4.39 Å². The SMILES string of the molecule is COc1ccc(CN(C)CN)cc1F. The minimum atomic E-state index is -0.338. The van der Waals surface area contributed by atoms with Crippen LogP contribution in [-0.4, -0.2) is 25.7 Å². The molecule has 0 saturated heterocycles. The predicted molar refractivity (Wildman–Crippen MR) is 53.5 cm³/mol. The molecule has 0 saturated carbocycles. The molecule has 78 valence electrons. The molecule has 1 aromatic carbocycles. The third kappa shape index (κ3) is 2.68. The summed E-state index contributed by atoms with van der Waals surface area (Å²) in [4.78, 5) is 1.89. The molecule has 14 heavy (non-hydrogen) atoms. The van der Waals surface area contributed by atoms with E-state index in [2.05, 4.69) is 0 Å². The van der Waals surface area contributed by atoms with Crippen LogP contribution >= 0.6 is 0 Å².